The predicted molar refractivity (Wildman–Crippen MR) is 104 cm³/mol. The Labute approximate surface area is 166 Å². The first-order valence-corrected chi connectivity index (χ1v) is 8.49. The largest absolute Gasteiger partial charge is 0.310 e. The number of nitro benzene ring substituents is 1. The molecular weight excluding hydrogens is 380 g/mol. The average molecular weight is 400 g/mol. The molecule has 0 spiro atoms. The van der Waals surface area contributed by atoms with Gasteiger partial charge in [-0.1, -0.05) is 12.1 Å². The van der Waals surface area contributed by atoms with Gasteiger partial charge in [0.2, 0.25) is 5.91 Å². The number of rotatable bonds is 7. The highest BCUT2D eigenvalue weighted by Gasteiger charge is 2.14. The van der Waals surface area contributed by atoms with Gasteiger partial charge in [-0.3, -0.25) is 40.2 Å². The number of carbonyl (C=O) groups is 3. The maximum Gasteiger partial charge on any atom is 0.270 e. The number of nitro groups is 1. The van der Waals surface area contributed by atoms with Crippen molar-refractivity contribution in [2.75, 3.05) is 25.5 Å². The molecule has 0 aliphatic heterocycles. The van der Waals surface area contributed by atoms with E-state index in [2.05, 4.69) is 21.2 Å². The van der Waals surface area contributed by atoms with Gasteiger partial charge in [0.25, 0.3) is 17.5 Å². The fourth-order valence-corrected chi connectivity index (χ4v) is 2.27. The normalized spacial score (nSPS) is 10.3. The molecule has 152 valence electrons. The number of pyridine rings is 1. The number of carbonyl (C=O) groups excluding carboxylic acids is 3. The summed E-state index contributed by atoms with van der Waals surface area (Å²) in [6, 6.07) is 8.57. The number of nitrogens with zero attached hydrogens (tertiary/aromatic N) is 3. The van der Waals surface area contributed by atoms with Crippen LogP contribution in [-0.2, 0) is 9.59 Å². The standard InChI is InChI=1S/C18H20N6O5/c1-12-6-7-15(19-9-12)20-16(25)10-23(2)11-17(26)21-22-18(27)13-4-3-5-14(8-13)24(28)29/h3-9H,10-11H2,1-2H3,(H,21,26)(H,22,27)(H,19,20,25). The molecule has 1 aromatic carbocycles. The molecule has 0 radical (unpaired) electrons. The van der Waals surface area contributed by atoms with E-state index < -0.39 is 16.7 Å². The molecule has 0 fully saturated rings. The van der Waals surface area contributed by atoms with Crippen LogP contribution in [0.2, 0.25) is 0 Å². The second-order valence-electron chi connectivity index (χ2n) is 6.25. The van der Waals surface area contributed by atoms with E-state index in [0.29, 0.717) is 5.82 Å². The molecule has 3 amide bonds. The summed E-state index contributed by atoms with van der Waals surface area (Å²) in [5, 5.41) is 13.4. The zero-order valence-electron chi connectivity index (χ0n) is 15.8. The minimum absolute atomic E-state index is 0.0258. The topological polar surface area (TPSA) is 147 Å². The summed E-state index contributed by atoms with van der Waals surface area (Å²) in [5.74, 6) is -1.21. The number of non-ortho nitro benzene ring substituents is 1. The third-order valence-corrected chi connectivity index (χ3v) is 3.64. The van der Waals surface area contributed by atoms with Gasteiger partial charge < -0.3 is 5.32 Å². The molecule has 29 heavy (non-hydrogen) atoms. The number of benzene rings is 1. The first-order chi connectivity index (χ1) is 13.7. The zero-order valence-corrected chi connectivity index (χ0v) is 15.8. The Bertz CT molecular complexity index is 915. The van der Waals surface area contributed by atoms with Crippen molar-refractivity contribution in [1.82, 2.24) is 20.7 Å². The second kappa shape index (κ2) is 9.90. The summed E-state index contributed by atoms with van der Waals surface area (Å²) < 4.78 is 0. The molecule has 0 unspecified atom stereocenters. The van der Waals surface area contributed by atoms with Crippen LogP contribution >= 0.6 is 0 Å². The van der Waals surface area contributed by atoms with Gasteiger partial charge in [0.15, 0.2) is 0 Å². The molecule has 0 saturated carbocycles. The lowest BCUT2D eigenvalue weighted by Crippen LogP contribution is -2.46. The number of nitrogens with one attached hydrogen (secondary N) is 3. The number of hydrazine groups is 1. The lowest BCUT2D eigenvalue weighted by Gasteiger charge is -2.16. The molecule has 1 aromatic heterocycles. The maximum atomic E-state index is 12.0. The Morgan fingerprint density at radius 1 is 1.10 bits per heavy atom. The number of anilines is 1. The van der Waals surface area contributed by atoms with Crippen LogP contribution in [0.25, 0.3) is 0 Å². The van der Waals surface area contributed by atoms with Gasteiger partial charge in [-0.2, -0.15) is 0 Å². The first-order valence-electron chi connectivity index (χ1n) is 8.49. The molecule has 11 nitrogen and oxygen atoms in total. The van der Waals surface area contributed by atoms with E-state index in [4.69, 9.17) is 0 Å². The van der Waals surface area contributed by atoms with Crippen molar-refractivity contribution in [3.63, 3.8) is 0 Å². The molecular formula is C18H20N6O5. The predicted octanol–water partition coefficient (Wildman–Crippen LogP) is 0.630. The van der Waals surface area contributed by atoms with Gasteiger partial charge in [-0.05, 0) is 31.7 Å². The minimum atomic E-state index is -0.701. The van der Waals surface area contributed by atoms with Crippen LogP contribution < -0.4 is 16.2 Å². The van der Waals surface area contributed by atoms with E-state index in [9.17, 15) is 24.5 Å². The fraction of sp³-hybridized carbons (Fsp3) is 0.222. The lowest BCUT2D eigenvalue weighted by atomic mass is 10.2. The number of hydrogen-bond acceptors (Lipinski definition) is 7. The second-order valence-corrected chi connectivity index (χ2v) is 6.25. The Hall–Kier alpha value is -3.86. The lowest BCUT2D eigenvalue weighted by molar-refractivity contribution is -0.384. The first kappa shape index (κ1) is 21.4. The van der Waals surface area contributed by atoms with Crippen LogP contribution in [0.4, 0.5) is 11.5 Å². The van der Waals surface area contributed by atoms with Crippen molar-refractivity contribution in [2.45, 2.75) is 6.92 Å². The quantitative estimate of drug-likeness (QED) is 0.456. The molecule has 0 aliphatic rings. The SMILES string of the molecule is Cc1ccc(NC(=O)CN(C)CC(=O)NNC(=O)c2cccc([N+](=O)[O-])c2)nc1. The molecule has 11 heteroatoms. The van der Waals surface area contributed by atoms with Crippen LogP contribution in [0, 0.1) is 17.0 Å². The van der Waals surface area contributed by atoms with Gasteiger partial charge in [0.1, 0.15) is 5.82 Å². The number of amides is 3. The van der Waals surface area contributed by atoms with E-state index in [1.807, 2.05) is 13.0 Å². The summed E-state index contributed by atoms with van der Waals surface area (Å²) in [4.78, 5) is 51.5. The molecule has 0 saturated heterocycles. The van der Waals surface area contributed by atoms with Crippen molar-refractivity contribution in [2.24, 2.45) is 0 Å². The highest BCUT2D eigenvalue weighted by atomic mass is 16.6. The number of hydrogen-bond donors (Lipinski definition) is 3. The Balaban J connectivity index is 1.77. The molecule has 0 aliphatic carbocycles. The van der Waals surface area contributed by atoms with Crippen LogP contribution in [0.3, 0.4) is 0 Å². The number of likely N-dealkylation sites (N-methyl/N-ethyl adjacent to an activating group) is 1. The van der Waals surface area contributed by atoms with Gasteiger partial charge in [0, 0.05) is 23.9 Å². The number of aryl methyl sites for hydroxylation is 1. The third kappa shape index (κ3) is 6.99. The minimum Gasteiger partial charge on any atom is -0.310 e. The zero-order chi connectivity index (χ0) is 21.4. The van der Waals surface area contributed by atoms with E-state index in [1.165, 1.54) is 23.1 Å². The van der Waals surface area contributed by atoms with E-state index in [1.54, 1.807) is 19.3 Å². The van der Waals surface area contributed by atoms with Crippen LogP contribution in [0.1, 0.15) is 15.9 Å². The Morgan fingerprint density at radius 2 is 1.83 bits per heavy atom. The van der Waals surface area contributed by atoms with E-state index in [-0.39, 0.29) is 30.2 Å². The Kier molecular flexibility index (Phi) is 7.32. The summed E-state index contributed by atoms with van der Waals surface area (Å²) in [7, 11) is 1.56. The highest BCUT2D eigenvalue weighted by molar-refractivity contribution is 5.96. The summed E-state index contributed by atoms with van der Waals surface area (Å²) in [5.41, 5.74) is 5.12. The summed E-state index contributed by atoms with van der Waals surface area (Å²) in [6.45, 7) is 1.65. The van der Waals surface area contributed by atoms with Crippen LogP contribution in [-0.4, -0.2) is 52.7 Å². The molecule has 2 rings (SSSR count). The maximum absolute atomic E-state index is 12.0. The monoisotopic (exact) mass is 400 g/mol. The van der Waals surface area contributed by atoms with E-state index in [0.717, 1.165) is 11.6 Å². The molecule has 3 N–H and O–H groups in total. The fourth-order valence-electron chi connectivity index (χ4n) is 2.27. The number of aromatic nitrogens is 1. The highest BCUT2D eigenvalue weighted by Crippen LogP contribution is 2.12. The van der Waals surface area contributed by atoms with Gasteiger partial charge in [-0.15, -0.1) is 0 Å². The van der Waals surface area contributed by atoms with Crippen molar-refractivity contribution in [3.05, 3.63) is 63.8 Å². The molecule has 0 bridgehead atoms. The smallest absolute Gasteiger partial charge is 0.270 e. The Morgan fingerprint density at radius 3 is 2.48 bits per heavy atom. The summed E-state index contributed by atoms with van der Waals surface area (Å²) >= 11 is 0. The van der Waals surface area contributed by atoms with Gasteiger partial charge in [0.05, 0.1) is 18.0 Å². The van der Waals surface area contributed by atoms with Crippen LogP contribution in [0.5, 0.6) is 0 Å². The van der Waals surface area contributed by atoms with E-state index >= 15 is 0 Å². The molecule has 1 heterocycles. The van der Waals surface area contributed by atoms with Crippen molar-refractivity contribution >= 4 is 29.2 Å². The molecule has 0 atom stereocenters. The van der Waals surface area contributed by atoms with Crippen molar-refractivity contribution in [1.29, 1.82) is 0 Å². The van der Waals surface area contributed by atoms with Crippen LogP contribution in [0.15, 0.2) is 42.6 Å². The van der Waals surface area contributed by atoms with Gasteiger partial charge >= 0.3 is 0 Å². The van der Waals surface area contributed by atoms with Crippen molar-refractivity contribution in [3.8, 4) is 0 Å². The van der Waals surface area contributed by atoms with Crippen molar-refractivity contribution < 1.29 is 19.3 Å². The summed E-state index contributed by atoms with van der Waals surface area (Å²) in [6.07, 6.45) is 1.62. The van der Waals surface area contributed by atoms with Gasteiger partial charge in [-0.25, -0.2) is 4.98 Å². The average Bonchev–Trinajstić information content (AvgIpc) is 2.67. The molecule has 2 aromatic rings. The third-order valence-electron chi connectivity index (χ3n) is 3.64.